The maximum absolute atomic E-state index is 13.0. The monoisotopic (exact) mass is 508 g/mol. The first-order valence-electron chi connectivity index (χ1n) is 11.0. The van der Waals surface area contributed by atoms with Crippen molar-refractivity contribution in [3.8, 4) is 16.1 Å². The zero-order valence-electron chi connectivity index (χ0n) is 19.5. The number of thiophene rings is 1. The molecule has 180 valence electrons. The third-order valence-corrected chi connectivity index (χ3v) is 6.93. The summed E-state index contributed by atoms with van der Waals surface area (Å²) < 4.78 is 1.17. The molecule has 3 heterocycles. The number of hydrogen-bond acceptors (Lipinski definition) is 7. The van der Waals surface area contributed by atoms with Crippen LogP contribution in [0, 0.1) is 0 Å². The van der Waals surface area contributed by atoms with Gasteiger partial charge in [-0.3, -0.25) is 9.59 Å². The van der Waals surface area contributed by atoms with Crippen molar-refractivity contribution in [2.45, 2.75) is 19.5 Å². The van der Waals surface area contributed by atoms with Crippen molar-refractivity contribution in [1.82, 2.24) is 25.4 Å². The fourth-order valence-electron chi connectivity index (χ4n) is 3.66. The van der Waals surface area contributed by atoms with Crippen molar-refractivity contribution < 1.29 is 4.79 Å². The molecule has 0 saturated heterocycles. The molecule has 1 atom stereocenters. The van der Waals surface area contributed by atoms with Crippen LogP contribution in [-0.2, 0) is 6.54 Å². The van der Waals surface area contributed by atoms with E-state index in [1.807, 2.05) is 44.3 Å². The van der Waals surface area contributed by atoms with Crippen LogP contribution in [0.3, 0.4) is 0 Å². The van der Waals surface area contributed by atoms with Gasteiger partial charge in [0.05, 0.1) is 6.04 Å². The van der Waals surface area contributed by atoms with Gasteiger partial charge in [-0.1, -0.05) is 17.7 Å². The number of carbonyl (C=O) groups is 1. The maximum atomic E-state index is 13.0. The van der Waals surface area contributed by atoms with Gasteiger partial charge in [0.2, 0.25) is 0 Å². The Morgan fingerprint density at radius 3 is 2.74 bits per heavy atom. The van der Waals surface area contributed by atoms with Gasteiger partial charge < -0.3 is 16.0 Å². The van der Waals surface area contributed by atoms with Crippen LogP contribution in [0.1, 0.15) is 33.9 Å². The van der Waals surface area contributed by atoms with E-state index in [1.165, 1.54) is 16.8 Å². The van der Waals surface area contributed by atoms with Crippen molar-refractivity contribution in [2.24, 2.45) is 0 Å². The molecule has 4 aromatic rings. The molecule has 0 aliphatic heterocycles. The Bertz CT molecular complexity index is 1420. The Labute approximate surface area is 212 Å². The molecule has 0 aliphatic carbocycles. The number of rotatable bonds is 8. The average molecular weight is 509 g/mol. The largest absolute Gasteiger partial charge is 0.371 e. The number of nitrogens with one attached hydrogen (secondary N) is 3. The van der Waals surface area contributed by atoms with Crippen LogP contribution in [0.2, 0.25) is 5.02 Å². The molecule has 35 heavy (non-hydrogen) atoms. The highest BCUT2D eigenvalue weighted by Gasteiger charge is 2.18. The SMILES string of the molecule is CNCc1ccc(Cl)cc1-c1ccc([C@@H](C)NC(=O)c2ccc(=O)n(-c3cccnc3NC)n2)s1. The maximum Gasteiger partial charge on any atom is 0.272 e. The average Bonchev–Trinajstić information content (AvgIpc) is 3.36. The summed E-state index contributed by atoms with van der Waals surface area (Å²) in [6.45, 7) is 2.63. The van der Waals surface area contributed by atoms with Gasteiger partial charge in [-0.25, -0.2) is 4.98 Å². The van der Waals surface area contributed by atoms with E-state index in [1.54, 1.807) is 36.7 Å². The van der Waals surface area contributed by atoms with Gasteiger partial charge in [-0.15, -0.1) is 11.3 Å². The highest BCUT2D eigenvalue weighted by molar-refractivity contribution is 7.15. The first kappa shape index (κ1) is 24.6. The van der Waals surface area contributed by atoms with Gasteiger partial charge >= 0.3 is 0 Å². The van der Waals surface area contributed by atoms with E-state index in [2.05, 4.69) is 26.0 Å². The zero-order valence-corrected chi connectivity index (χ0v) is 21.1. The Morgan fingerprint density at radius 2 is 1.97 bits per heavy atom. The predicted molar refractivity (Wildman–Crippen MR) is 141 cm³/mol. The first-order chi connectivity index (χ1) is 16.9. The molecule has 8 nitrogen and oxygen atoms in total. The molecule has 3 aromatic heterocycles. The lowest BCUT2D eigenvalue weighted by Gasteiger charge is -2.14. The van der Waals surface area contributed by atoms with Crippen LogP contribution in [-0.4, -0.2) is 34.8 Å². The predicted octanol–water partition coefficient (Wildman–Crippen LogP) is 4.26. The molecule has 0 fully saturated rings. The van der Waals surface area contributed by atoms with Gasteiger partial charge in [-0.05, 0) is 67.6 Å². The fourth-order valence-corrected chi connectivity index (χ4v) is 4.89. The molecule has 0 saturated carbocycles. The second kappa shape index (κ2) is 10.8. The third kappa shape index (κ3) is 5.43. The van der Waals surface area contributed by atoms with E-state index >= 15 is 0 Å². The van der Waals surface area contributed by atoms with Crippen LogP contribution < -0.4 is 21.5 Å². The number of nitrogens with zero attached hydrogens (tertiary/aromatic N) is 3. The molecule has 0 bridgehead atoms. The molecule has 3 N–H and O–H groups in total. The molecule has 1 aromatic carbocycles. The van der Waals surface area contributed by atoms with Crippen molar-refractivity contribution >= 4 is 34.7 Å². The van der Waals surface area contributed by atoms with E-state index in [0.29, 0.717) is 16.5 Å². The summed E-state index contributed by atoms with van der Waals surface area (Å²) >= 11 is 7.84. The number of pyridine rings is 1. The number of aromatic nitrogens is 3. The van der Waals surface area contributed by atoms with Gasteiger partial charge in [-0.2, -0.15) is 9.78 Å². The standard InChI is InChI=1S/C25H25ClN6O2S/c1-15(21-9-10-22(35-21)18-13-17(26)7-6-16(18)14-27-2)30-25(34)19-8-11-23(33)32(31-19)20-5-4-12-29-24(20)28-3/h4-13,15,27H,14H2,1-3H3,(H,28,29)(H,30,34)/t15-/m1/s1. The summed E-state index contributed by atoms with van der Waals surface area (Å²) in [5.74, 6) is 0.104. The third-order valence-electron chi connectivity index (χ3n) is 5.39. The Hall–Kier alpha value is -3.53. The van der Waals surface area contributed by atoms with E-state index < -0.39 is 0 Å². The van der Waals surface area contributed by atoms with Crippen molar-refractivity contribution in [2.75, 3.05) is 19.4 Å². The topological polar surface area (TPSA) is 101 Å². The number of amides is 1. The van der Waals surface area contributed by atoms with Gasteiger partial charge in [0.1, 0.15) is 11.4 Å². The molecular formula is C25H25ClN6O2S. The summed E-state index contributed by atoms with van der Waals surface area (Å²) in [5.41, 5.74) is 2.44. The van der Waals surface area contributed by atoms with Crippen molar-refractivity contribution in [3.63, 3.8) is 0 Å². The summed E-state index contributed by atoms with van der Waals surface area (Å²) in [5, 5.41) is 14.1. The molecule has 0 aliphatic rings. The minimum Gasteiger partial charge on any atom is -0.371 e. The molecule has 10 heteroatoms. The highest BCUT2D eigenvalue weighted by atomic mass is 35.5. The lowest BCUT2D eigenvalue weighted by atomic mass is 10.1. The summed E-state index contributed by atoms with van der Waals surface area (Å²) in [6.07, 6.45) is 1.61. The molecule has 1 amide bonds. The smallest absolute Gasteiger partial charge is 0.272 e. The van der Waals surface area contributed by atoms with E-state index in [4.69, 9.17) is 11.6 Å². The lowest BCUT2D eigenvalue weighted by molar-refractivity contribution is 0.0933. The van der Waals surface area contributed by atoms with Gasteiger partial charge in [0.25, 0.3) is 11.5 Å². The number of benzene rings is 1. The van der Waals surface area contributed by atoms with E-state index in [0.717, 1.165) is 27.4 Å². The van der Waals surface area contributed by atoms with Gasteiger partial charge in [0, 0.05) is 40.6 Å². The number of carbonyl (C=O) groups excluding carboxylic acids is 1. The highest BCUT2D eigenvalue weighted by Crippen LogP contribution is 2.35. The van der Waals surface area contributed by atoms with Crippen molar-refractivity contribution in [1.29, 1.82) is 0 Å². The van der Waals surface area contributed by atoms with Crippen LogP contribution in [0.5, 0.6) is 0 Å². The van der Waals surface area contributed by atoms with Gasteiger partial charge in [0.15, 0.2) is 5.82 Å². The summed E-state index contributed by atoms with van der Waals surface area (Å²) in [6, 6.07) is 15.8. The quantitative estimate of drug-likeness (QED) is 0.329. The second-order valence-corrected chi connectivity index (χ2v) is 9.37. The van der Waals surface area contributed by atoms with Crippen LogP contribution in [0.15, 0.2) is 65.6 Å². The zero-order chi connectivity index (χ0) is 24.9. The van der Waals surface area contributed by atoms with E-state index in [9.17, 15) is 9.59 Å². The second-order valence-electron chi connectivity index (χ2n) is 7.82. The van der Waals surface area contributed by atoms with Crippen LogP contribution in [0.25, 0.3) is 16.1 Å². The first-order valence-corrected chi connectivity index (χ1v) is 12.2. The summed E-state index contributed by atoms with van der Waals surface area (Å²) in [7, 11) is 3.61. The fraction of sp³-hybridized carbons (Fsp3) is 0.200. The Balaban J connectivity index is 1.56. The minimum absolute atomic E-state index is 0.130. The number of anilines is 1. The van der Waals surface area contributed by atoms with Crippen molar-refractivity contribution in [3.05, 3.63) is 92.3 Å². The Kier molecular flexibility index (Phi) is 7.60. The Morgan fingerprint density at radius 1 is 1.14 bits per heavy atom. The molecule has 4 rings (SSSR count). The van der Waals surface area contributed by atoms with Crippen LogP contribution >= 0.6 is 22.9 Å². The molecule has 0 unspecified atom stereocenters. The summed E-state index contributed by atoms with van der Waals surface area (Å²) in [4.78, 5) is 31.7. The molecule has 0 spiro atoms. The van der Waals surface area contributed by atoms with E-state index in [-0.39, 0.29) is 23.2 Å². The van der Waals surface area contributed by atoms with Crippen LogP contribution in [0.4, 0.5) is 5.82 Å². The number of hydrogen-bond donors (Lipinski definition) is 3. The minimum atomic E-state index is -0.380. The lowest BCUT2D eigenvalue weighted by Crippen LogP contribution is -2.30. The normalized spacial score (nSPS) is 11.8. The molecule has 0 radical (unpaired) electrons. The molecular weight excluding hydrogens is 484 g/mol. The number of halogens is 1.